The van der Waals surface area contributed by atoms with Gasteiger partial charge >= 0.3 is 6.03 Å². The molecule has 0 bridgehead atoms. The Morgan fingerprint density at radius 1 is 1.00 bits per heavy atom. The summed E-state index contributed by atoms with van der Waals surface area (Å²) >= 11 is 0. The highest BCUT2D eigenvalue weighted by atomic mass is 19.1. The predicted octanol–water partition coefficient (Wildman–Crippen LogP) is 4.64. The molecular formula is C31H30F2N6O5. The summed E-state index contributed by atoms with van der Waals surface area (Å²) in [6.45, 7) is 1.77. The first-order chi connectivity index (χ1) is 21.2. The Bertz CT molecular complexity index is 1610. The Morgan fingerprint density at radius 3 is 2.45 bits per heavy atom. The van der Waals surface area contributed by atoms with Crippen LogP contribution in [-0.4, -0.2) is 63.7 Å². The van der Waals surface area contributed by atoms with Gasteiger partial charge in [0.2, 0.25) is 6.35 Å². The van der Waals surface area contributed by atoms with Crippen LogP contribution in [0.2, 0.25) is 0 Å². The third kappa shape index (κ3) is 6.47. The zero-order valence-corrected chi connectivity index (χ0v) is 23.6. The summed E-state index contributed by atoms with van der Waals surface area (Å²) in [5.41, 5.74) is 0.00173. The van der Waals surface area contributed by atoms with Crippen LogP contribution in [-0.2, 0) is 9.59 Å². The first kappa shape index (κ1) is 29.1. The maximum Gasteiger partial charge on any atom is 0.323 e. The summed E-state index contributed by atoms with van der Waals surface area (Å²) in [5, 5.41) is 16.2. The minimum atomic E-state index is -1.39. The number of nitrogens with zero attached hydrogens (tertiary/aromatic N) is 4. The number of rotatable bonds is 8. The molecule has 2 fully saturated rings. The van der Waals surface area contributed by atoms with Gasteiger partial charge in [-0.15, -0.1) is 0 Å². The lowest BCUT2D eigenvalue weighted by atomic mass is 10.1. The maximum atomic E-state index is 15.1. The Balaban J connectivity index is 1.15. The lowest BCUT2D eigenvalue weighted by Gasteiger charge is -2.39. The van der Waals surface area contributed by atoms with Crippen molar-refractivity contribution in [3.63, 3.8) is 0 Å². The van der Waals surface area contributed by atoms with E-state index in [0.29, 0.717) is 25.6 Å². The molecule has 6 rings (SSSR count). The highest BCUT2D eigenvalue weighted by Crippen LogP contribution is 2.34. The van der Waals surface area contributed by atoms with Gasteiger partial charge in [-0.05, 0) is 74.1 Å². The summed E-state index contributed by atoms with van der Waals surface area (Å²) in [4.78, 5) is 47.3. The van der Waals surface area contributed by atoms with Crippen molar-refractivity contribution in [3.8, 4) is 11.5 Å². The Hall–Kier alpha value is -5.04. The molecule has 2 aromatic carbocycles. The molecule has 228 valence electrons. The molecule has 1 aromatic heterocycles. The normalized spacial score (nSPS) is 18.2. The summed E-state index contributed by atoms with van der Waals surface area (Å²) in [7, 11) is 0. The number of halogens is 2. The van der Waals surface area contributed by atoms with Crippen LogP contribution in [0.4, 0.5) is 30.8 Å². The number of urea groups is 1. The Labute approximate surface area is 251 Å². The minimum Gasteiger partial charge on any atom is -0.454 e. The van der Waals surface area contributed by atoms with Gasteiger partial charge in [0, 0.05) is 55.5 Å². The molecule has 44 heavy (non-hydrogen) atoms. The number of amides is 4. The highest BCUT2D eigenvalue weighted by molar-refractivity contribution is 6.27. The van der Waals surface area contributed by atoms with E-state index in [2.05, 4.69) is 15.6 Å². The van der Waals surface area contributed by atoms with Gasteiger partial charge in [-0.1, -0.05) is 0 Å². The van der Waals surface area contributed by atoms with E-state index in [1.54, 1.807) is 4.90 Å². The molecule has 3 aliphatic rings. The second kappa shape index (κ2) is 12.3. The first-order valence-corrected chi connectivity index (χ1v) is 14.3. The molecule has 4 amide bonds. The quantitative estimate of drug-likeness (QED) is 0.320. The van der Waals surface area contributed by atoms with Crippen LogP contribution < -0.4 is 20.3 Å². The average Bonchev–Trinajstić information content (AvgIpc) is 3.64. The second-order valence-electron chi connectivity index (χ2n) is 10.9. The van der Waals surface area contributed by atoms with Gasteiger partial charge in [0.05, 0.1) is 0 Å². The van der Waals surface area contributed by atoms with E-state index in [4.69, 9.17) is 4.74 Å². The van der Waals surface area contributed by atoms with Gasteiger partial charge in [0.15, 0.2) is 11.6 Å². The van der Waals surface area contributed by atoms with Gasteiger partial charge in [-0.3, -0.25) is 19.8 Å². The van der Waals surface area contributed by atoms with Gasteiger partial charge in [0.25, 0.3) is 11.8 Å². The van der Waals surface area contributed by atoms with Crippen LogP contribution in [0, 0.1) is 17.6 Å². The zero-order valence-electron chi connectivity index (χ0n) is 23.6. The molecule has 0 spiro atoms. The fraction of sp³-hybridized carbons (Fsp3) is 0.290. The van der Waals surface area contributed by atoms with Crippen LogP contribution in [0.25, 0.3) is 0 Å². The molecule has 1 saturated carbocycles. The molecule has 0 radical (unpaired) electrons. The van der Waals surface area contributed by atoms with E-state index in [1.165, 1.54) is 53.7 Å². The molecule has 1 aliphatic carbocycles. The second-order valence-corrected chi connectivity index (χ2v) is 10.9. The smallest absolute Gasteiger partial charge is 0.323 e. The number of ether oxygens (including phenoxy) is 1. The van der Waals surface area contributed by atoms with Crippen LogP contribution >= 0.6 is 0 Å². The zero-order chi connectivity index (χ0) is 30.8. The standard InChI is InChI=1S/C31H30F2N6O5/c32-20-5-8-22(9-6-20)39-29(41)24(18-38(31(39)43)17-19-3-4-19)28(40)35-21-7-10-26(25(33)15-21)44-23-11-12-34-27(16-23)36-30(42)37-13-1-2-14-37/h5-12,15-16,18-19,31,43H,1-4,13-14,17H2,(H,35,40)(H,34,36,42). The predicted molar refractivity (Wildman–Crippen MR) is 157 cm³/mol. The Kier molecular flexibility index (Phi) is 8.11. The third-order valence-electron chi connectivity index (χ3n) is 7.56. The summed E-state index contributed by atoms with van der Waals surface area (Å²) in [5.74, 6) is -2.24. The molecule has 2 aliphatic heterocycles. The van der Waals surface area contributed by atoms with Crippen LogP contribution in [0.1, 0.15) is 25.7 Å². The molecule has 1 saturated heterocycles. The van der Waals surface area contributed by atoms with Gasteiger partial charge in [-0.2, -0.15) is 0 Å². The number of aliphatic hydroxyl groups excluding tert-OH is 1. The topological polar surface area (TPSA) is 127 Å². The van der Waals surface area contributed by atoms with Gasteiger partial charge < -0.3 is 25.0 Å². The van der Waals surface area contributed by atoms with E-state index < -0.39 is 29.8 Å². The van der Waals surface area contributed by atoms with Crippen molar-refractivity contribution in [3.05, 3.63) is 84.2 Å². The lowest BCUT2D eigenvalue weighted by molar-refractivity contribution is -0.124. The third-order valence-corrected chi connectivity index (χ3v) is 7.56. The molecule has 13 heteroatoms. The number of likely N-dealkylation sites (tertiary alicyclic amines) is 1. The van der Waals surface area contributed by atoms with Crippen LogP contribution in [0.3, 0.4) is 0 Å². The molecule has 3 N–H and O–H groups in total. The van der Waals surface area contributed by atoms with E-state index in [1.807, 2.05) is 0 Å². The number of aromatic nitrogens is 1. The monoisotopic (exact) mass is 604 g/mol. The van der Waals surface area contributed by atoms with Crippen molar-refractivity contribution in [2.75, 3.05) is 35.2 Å². The Morgan fingerprint density at radius 2 is 1.75 bits per heavy atom. The number of hydrogen-bond acceptors (Lipinski definition) is 7. The molecule has 1 unspecified atom stereocenters. The molecule has 1 atom stereocenters. The largest absolute Gasteiger partial charge is 0.454 e. The van der Waals surface area contributed by atoms with E-state index >= 15 is 4.39 Å². The molecule has 3 heterocycles. The number of aliphatic hydroxyl groups is 1. The maximum absolute atomic E-state index is 15.1. The first-order valence-electron chi connectivity index (χ1n) is 14.3. The van der Waals surface area contributed by atoms with Crippen molar-refractivity contribution < 1.29 is 33.0 Å². The van der Waals surface area contributed by atoms with E-state index in [0.717, 1.165) is 48.8 Å². The molecule has 11 nitrogen and oxygen atoms in total. The van der Waals surface area contributed by atoms with E-state index in [9.17, 15) is 23.9 Å². The highest BCUT2D eigenvalue weighted by Gasteiger charge is 2.39. The fourth-order valence-electron chi connectivity index (χ4n) is 5.06. The van der Waals surface area contributed by atoms with Gasteiger partial charge in [-0.25, -0.2) is 18.6 Å². The van der Waals surface area contributed by atoms with Crippen molar-refractivity contribution in [1.29, 1.82) is 0 Å². The number of carbonyl (C=O) groups is 3. The molecule has 3 aromatic rings. The number of nitrogens with one attached hydrogen (secondary N) is 2. The summed E-state index contributed by atoms with van der Waals surface area (Å²) in [6, 6.07) is 11.5. The number of hydrogen-bond donors (Lipinski definition) is 3. The summed E-state index contributed by atoms with van der Waals surface area (Å²) < 4.78 is 34.3. The van der Waals surface area contributed by atoms with Crippen molar-refractivity contribution in [2.24, 2.45) is 5.92 Å². The summed E-state index contributed by atoms with van der Waals surface area (Å²) in [6.07, 6.45) is 5.16. The number of benzene rings is 2. The van der Waals surface area contributed by atoms with Crippen LogP contribution in [0.15, 0.2) is 72.6 Å². The van der Waals surface area contributed by atoms with Crippen molar-refractivity contribution >= 4 is 35.0 Å². The fourth-order valence-corrected chi connectivity index (χ4v) is 5.06. The SMILES string of the molecule is O=C(Nc1ccc(Oc2ccnc(NC(=O)N3CCCC3)c2)c(F)c1)C1=CN(CC2CC2)C(O)N(c2ccc(F)cc2)C1=O. The number of anilines is 3. The molecular weight excluding hydrogens is 574 g/mol. The van der Waals surface area contributed by atoms with Crippen LogP contribution in [0.5, 0.6) is 11.5 Å². The van der Waals surface area contributed by atoms with Crippen molar-refractivity contribution in [2.45, 2.75) is 32.0 Å². The van der Waals surface area contributed by atoms with Crippen molar-refractivity contribution in [1.82, 2.24) is 14.8 Å². The number of carbonyl (C=O) groups excluding carboxylic acids is 3. The van der Waals surface area contributed by atoms with E-state index in [-0.39, 0.29) is 40.3 Å². The number of pyridine rings is 1. The minimum absolute atomic E-state index is 0.0649. The average molecular weight is 605 g/mol. The van der Waals surface area contributed by atoms with Gasteiger partial charge in [0.1, 0.15) is 23.0 Å². The lowest BCUT2D eigenvalue weighted by Crippen LogP contribution is -2.55.